The van der Waals surface area contributed by atoms with Crippen molar-refractivity contribution >= 4 is 29.8 Å². The minimum Gasteiger partial charge on any atom is -0.327 e. The number of benzene rings is 1. The summed E-state index contributed by atoms with van der Waals surface area (Å²) in [5.74, 6) is -0.0742. The van der Waals surface area contributed by atoms with Gasteiger partial charge in [-0.15, -0.1) is 12.4 Å². The Bertz CT molecular complexity index is 575. The van der Waals surface area contributed by atoms with Gasteiger partial charge in [-0.05, 0) is 30.9 Å². The number of carbonyl (C=O) groups is 2. The molecule has 0 saturated carbocycles. The van der Waals surface area contributed by atoms with Crippen molar-refractivity contribution in [2.75, 3.05) is 25.0 Å². The number of carbonyl (C=O) groups excluding carboxylic acids is 2. The number of amides is 1. The molecule has 1 aliphatic heterocycles. The van der Waals surface area contributed by atoms with Crippen LogP contribution in [-0.4, -0.2) is 42.3 Å². The van der Waals surface area contributed by atoms with Gasteiger partial charge in [0.2, 0.25) is 5.91 Å². The number of piperidine rings is 1. The lowest BCUT2D eigenvalue weighted by Gasteiger charge is -2.42. The third-order valence-electron chi connectivity index (χ3n) is 4.31. The molecule has 2 rings (SSSR count). The number of ketones is 1. The second-order valence-electron chi connectivity index (χ2n) is 6.78. The zero-order chi connectivity index (χ0) is 16.3. The molecule has 5 nitrogen and oxygen atoms in total. The summed E-state index contributed by atoms with van der Waals surface area (Å²) in [6.07, 6.45) is 0.903. The highest BCUT2D eigenvalue weighted by Gasteiger charge is 2.33. The van der Waals surface area contributed by atoms with Crippen molar-refractivity contribution in [2.45, 2.75) is 33.2 Å². The molecule has 0 aromatic heterocycles. The van der Waals surface area contributed by atoms with E-state index in [1.807, 2.05) is 0 Å². The first-order valence-corrected chi connectivity index (χ1v) is 7.67. The Kier molecular flexibility index (Phi) is 6.74. The molecule has 1 atom stereocenters. The van der Waals surface area contributed by atoms with Gasteiger partial charge >= 0.3 is 0 Å². The molecule has 128 valence electrons. The Morgan fingerprint density at radius 1 is 1.39 bits per heavy atom. The Balaban J connectivity index is 0.00000264. The summed E-state index contributed by atoms with van der Waals surface area (Å²) in [4.78, 5) is 25.7. The van der Waals surface area contributed by atoms with E-state index >= 15 is 0 Å². The third kappa shape index (κ3) is 5.30. The van der Waals surface area contributed by atoms with E-state index in [0.29, 0.717) is 17.8 Å². The monoisotopic (exact) mass is 339 g/mol. The Hall–Kier alpha value is -1.43. The van der Waals surface area contributed by atoms with E-state index in [1.54, 1.807) is 24.3 Å². The smallest absolute Gasteiger partial charge is 0.238 e. The standard InChI is InChI=1S/C17H25N3O2.ClH/c1-12(21)13-5-4-6-14(9-13)19-16(22)10-20-8-7-15(18)17(2,3)11-20;/h4-6,9,15H,7-8,10-11,18H2,1-3H3,(H,19,22);1H. The van der Waals surface area contributed by atoms with Gasteiger partial charge in [0.25, 0.3) is 0 Å². The maximum absolute atomic E-state index is 12.2. The molecule has 1 fully saturated rings. The fraction of sp³-hybridized carbons (Fsp3) is 0.529. The second-order valence-corrected chi connectivity index (χ2v) is 6.78. The zero-order valence-corrected chi connectivity index (χ0v) is 14.8. The number of Topliss-reactive ketones (excluding diaryl/α,β-unsaturated/α-hetero) is 1. The van der Waals surface area contributed by atoms with Crippen LogP contribution >= 0.6 is 12.4 Å². The quantitative estimate of drug-likeness (QED) is 0.825. The summed E-state index contributed by atoms with van der Waals surface area (Å²) in [6.45, 7) is 7.79. The van der Waals surface area contributed by atoms with E-state index in [0.717, 1.165) is 19.5 Å². The minimum absolute atomic E-state index is 0. The molecule has 0 radical (unpaired) electrons. The van der Waals surface area contributed by atoms with E-state index in [2.05, 4.69) is 24.1 Å². The number of nitrogens with two attached hydrogens (primary N) is 1. The van der Waals surface area contributed by atoms with Crippen molar-refractivity contribution in [1.82, 2.24) is 4.90 Å². The number of hydrogen-bond acceptors (Lipinski definition) is 4. The molecule has 0 spiro atoms. The summed E-state index contributed by atoms with van der Waals surface area (Å²) >= 11 is 0. The van der Waals surface area contributed by atoms with Gasteiger partial charge in [-0.25, -0.2) is 0 Å². The second kappa shape index (κ2) is 7.90. The largest absolute Gasteiger partial charge is 0.327 e. The molecule has 1 aromatic rings. The molecule has 3 N–H and O–H groups in total. The molecule has 0 aliphatic carbocycles. The highest BCUT2D eigenvalue weighted by atomic mass is 35.5. The molecule has 1 unspecified atom stereocenters. The number of hydrogen-bond donors (Lipinski definition) is 2. The van der Waals surface area contributed by atoms with Gasteiger partial charge in [0, 0.05) is 30.4 Å². The molecule has 1 saturated heterocycles. The first kappa shape index (κ1) is 19.6. The van der Waals surface area contributed by atoms with Gasteiger partial charge in [0.05, 0.1) is 6.54 Å². The molecule has 0 bridgehead atoms. The molecule has 1 aromatic carbocycles. The van der Waals surface area contributed by atoms with E-state index in [-0.39, 0.29) is 35.6 Å². The highest BCUT2D eigenvalue weighted by molar-refractivity contribution is 5.97. The molecule has 6 heteroatoms. The van der Waals surface area contributed by atoms with Gasteiger partial charge in [-0.2, -0.15) is 0 Å². The SMILES string of the molecule is CC(=O)c1cccc(NC(=O)CN2CCC(N)C(C)(C)C2)c1.Cl. The summed E-state index contributed by atoms with van der Waals surface area (Å²) < 4.78 is 0. The van der Waals surface area contributed by atoms with Crippen LogP contribution in [0.3, 0.4) is 0 Å². The van der Waals surface area contributed by atoms with E-state index in [4.69, 9.17) is 5.73 Å². The van der Waals surface area contributed by atoms with Crippen molar-refractivity contribution in [3.8, 4) is 0 Å². The third-order valence-corrected chi connectivity index (χ3v) is 4.31. The molecular formula is C17H26ClN3O2. The average molecular weight is 340 g/mol. The zero-order valence-electron chi connectivity index (χ0n) is 14.0. The number of nitrogens with one attached hydrogen (secondary N) is 1. The van der Waals surface area contributed by atoms with E-state index < -0.39 is 0 Å². The van der Waals surface area contributed by atoms with Crippen LogP contribution in [0, 0.1) is 5.41 Å². The van der Waals surface area contributed by atoms with Gasteiger partial charge in [0.1, 0.15) is 0 Å². The Morgan fingerprint density at radius 3 is 2.70 bits per heavy atom. The Labute approximate surface area is 144 Å². The van der Waals surface area contributed by atoms with Crippen LogP contribution in [-0.2, 0) is 4.79 Å². The van der Waals surface area contributed by atoms with Gasteiger partial charge in [-0.3, -0.25) is 14.5 Å². The first-order chi connectivity index (χ1) is 10.3. The van der Waals surface area contributed by atoms with Crippen LogP contribution in [0.15, 0.2) is 24.3 Å². The lowest BCUT2D eigenvalue weighted by Crippen LogP contribution is -2.53. The number of nitrogens with zero attached hydrogens (tertiary/aromatic N) is 1. The summed E-state index contributed by atoms with van der Waals surface area (Å²) in [6, 6.07) is 7.19. The summed E-state index contributed by atoms with van der Waals surface area (Å²) in [5, 5.41) is 2.86. The van der Waals surface area contributed by atoms with Gasteiger partial charge < -0.3 is 11.1 Å². The first-order valence-electron chi connectivity index (χ1n) is 7.67. The lowest BCUT2D eigenvalue weighted by atomic mass is 9.80. The van der Waals surface area contributed by atoms with Crippen LogP contribution in [0.1, 0.15) is 37.6 Å². The summed E-state index contributed by atoms with van der Waals surface area (Å²) in [7, 11) is 0. The van der Waals surface area contributed by atoms with Crippen LogP contribution in [0.4, 0.5) is 5.69 Å². The topological polar surface area (TPSA) is 75.4 Å². The van der Waals surface area contributed by atoms with Crippen LogP contribution < -0.4 is 11.1 Å². The van der Waals surface area contributed by atoms with Crippen LogP contribution in [0.2, 0.25) is 0 Å². The number of rotatable bonds is 4. The van der Waals surface area contributed by atoms with Crippen molar-refractivity contribution in [2.24, 2.45) is 11.1 Å². The lowest BCUT2D eigenvalue weighted by molar-refractivity contribution is -0.118. The number of anilines is 1. The van der Waals surface area contributed by atoms with Crippen molar-refractivity contribution in [3.63, 3.8) is 0 Å². The maximum atomic E-state index is 12.2. The molecule has 23 heavy (non-hydrogen) atoms. The maximum Gasteiger partial charge on any atom is 0.238 e. The number of halogens is 1. The van der Waals surface area contributed by atoms with Crippen molar-refractivity contribution in [1.29, 1.82) is 0 Å². The normalized spacial score (nSPS) is 20.4. The molecule has 1 heterocycles. The van der Waals surface area contributed by atoms with Gasteiger partial charge in [-0.1, -0.05) is 26.0 Å². The van der Waals surface area contributed by atoms with E-state index in [9.17, 15) is 9.59 Å². The average Bonchev–Trinajstić information content (AvgIpc) is 2.42. The molecule has 1 aliphatic rings. The fourth-order valence-corrected chi connectivity index (χ4v) is 2.84. The van der Waals surface area contributed by atoms with E-state index in [1.165, 1.54) is 6.92 Å². The molecular weight excluding hydrogens is 314 g/mol. The van der Waals surface area contributed by atoms with Crippen molar-refractivity contribution < 1.29 is 9.59 Å². The molecule has 1 amide bonds. The van der Waals surface area contributed by atoms with Crippen LogP contribution in [0.5, 0.6) is 0 Å². The minimum atomic E-state index is -0.0630. The van der Waals surface area contributed by atoms with Crippen LogP contribution in [0.25, 0.3) is 0 Å². The predicted octanol–water partition coefficient (Wildman–Crippen LogP) is 2.31. The number of likely N-dealkylation sites (tertiary alicyclic amines) is 1. The van der Waals surface area contributed by atoms with Crippen molar-refractivity contribution in [3.05, 3.63) is 29.8 Å². The fourth-order valence-electron chi connectivity index (χ4n) is 2.84. The highest BCUT2D eigenvalue weighted by Crippen LogP contribution is 2.27. The predicted molar refractivity (Wildman–Crippen MR) is 95.1 cm³/mol. The Morgan fingerprint density at radius 2 is 2.09 bits per heavy atom. The summed E-state index contributed by atoms with van der Waals surface area (Å²) in [5.41, 5.74) is 7.39. The van der Waals surface area contributed by atoms with Gasteiger partial charge in [0.15, 0.2) is 5.78 Å².